The summed E-state index contributed by atoms with van der Waals surface area (Å²) in [6, 6.07) is 2.02. The molecule has 0 saturated heterocycles. The van der Waals surface area contributed by atoms with E-state index in [0.717, 1.165) is 11.4 Å². The van der Waals surface area contributed by atoms with Crippen molar-refractivity contribution in [1.82, 2.24) is 14.7 Å². The van der Waals surface area contributed by atoms with Crippen molar-refractivity contribution in [2.75, 3.05) is 19.7 Å². The maximum atomic E-state index is 11.5. The van der Waals surface area contributed by atoms with E-state index >= 15 is 0 Å². The molecule has 1 aromatic heterocycles. The van der Waals surface area contributed by atoms with Crippen LogP contribution >= 0.6 is 0 Å². The predicted octanol–water partition coefficient (Wildman–Crippen LogP) is 1.28. The van der Waals surface area contributed by atoms with Gasteiger partial charge in [0.05, 0.1) is 24.5 Å². The number of aryl methyl sites for hydroxylation is 2. The number of ether oxygens (including phenoxy) is 1. The summed E-state index contributed by atoms with van der Waals surface area (Å²) in [5, 5.41) is 4.29. The van der Waals surface area contributed by atoms with Gasteiger partial charge in [0, 0.05) is 20.1 Å². The first kappa shape index (κ1) is 14.4. The number of hydrogen-bond donors (Lipinski definition) is 0. The molecule has 18 heavy (non-hydrogen) atoms. The Morgan fingerprint density at radius 3 is 2.89 bits per heavy atom. The maximum absolute atomic E-state index is 11.5. The minimum absolute atomic E-state index is 0.210. The lowest BCUT2D eigenvalue weighted by atomic mass is 10.3. The van der Waals surface area contributed by atoms with Crippen LogP contribution in [0.3, 0.4) is 0 Å². The van der Waals surface area contributed by atoms with E-state index in [9.17, 15) is 4.79 Å². The van der Waals surface area contributed by atoms with Crippen LogP contribution < -0.4 is 0 Å². The van der Waals surface area contributed by atoms with Gasteiger partial charge in [-0.05, 0) is 19.9 Å². The summed E-state index contributed by atoms with van der Waals surface area (Å²) in [6.07, 6.45) is 1.78. The molecule has 1 aromatic rings. The number of hydrogen-bond acceptors (Lipinski definition) is 4. The van der Waals surface area contributed by atoms with Gasteiger partial charge in [-0.25, -0.2) is 0 Å². The molecule has 0 fully saturated rings. The molecule has 0 N–H and O–H groups in total. The van der Waals surface area contributed by atoms with Crippen LogP contribution in [-0.2, 0) is 23.1 Å². The third-order valence-corrected chi connectivity index (χ3v) is 2.53. The molecule has 100 valence electrons. The molecule has 5 heteroatoms. The molecule has 0 amide bonds. The molecular formula is C13H21N3O2. The van der Waals surface area contributed by atoms with Crippen LogP contribution in [-0.4, -0.2) is 40.3 Å². The highest BCUT2D eigenvalue weighted by atomic mass is 16.5. The van der Waals surface area contributed by atoms with Crippen molar-refractivity contribution in [2.24, 2.45) is 7.05 Å². The van der Waals surface area contributed by atoms with Crippen LogP contribution in [0.4, 0.5) is 0 Å². The van der Waals surface area contributed by atoms with E-state index in [2.05, 4.69) is 11.7 Å². The number of aromatic nitrogens is 2. The molecule has 0 unspecified atom stereocenters. The predicted molar refractivity (Wildman–Crippen MR) is 70.1 cm³/mol. The van der Waals surface area contributed by atoms with Crippen molar-refractivity contribution in [2.45, 2.75) is 20.4 Å². The van der Waals surface area contributed by atoms with Crippen molar-refractivity contribution in [3.63, 3.8) is 0 Å². The highest BCUT2D eigenvalue weighted by Crippen LogP contribution is 2.06. The highest BCUT2D eigenvalue weighted by molar-refractivity contribution is 5.71. The van der Waals surface area contributed by atoms with E-state index in [1.54, 1.807) is 13.0 Å². The van der Waals surface area contributed by atoms with Crippen molar-refractivity contribution in [3.8, 4) is 0 Å². The molecule has 0 radical (unpaired) electrons. The van der Waals surface area contributed by atoms with Crippen LogP contribution in [0.5, 0.6) is 0 Å². The van der Waals surface area contributed by atoms with E-state index < -0.39 is 0 Å². The molecule has 0 bridgehead atoms. The molecule has 1 rings (SSSR count). The first-order valence-electron chi connectivity index (χ1n) is 6.05. The Balaban J connectivity index is 2.65. The van der Waals surface area contributed by atoms with Crippen LogP contribution in [0.15, 0.2) is 18.7 Å². The lowest BCUT2D eigenvalue weighted by Crippen LogP contribution is -2.31. The fourth-order valence-corrected chi connectivity index (χ4v) is 1.80. The van der Waals surface area contributed by atoms with Crippen LogP contribution in [0.25, 0.3) is 0 Å². The van der Waals surface area contributed by atoms with Gasteiger partial charge in [-0.1, -0.05) is 6.08 Å². The number of esters is 1. The fourth-order valence-electron chi connectivity index (χ4n) is 1.80. The van der Waals surface area contributed by atoms with Gasteiger partial charge < -0.3 is 4.74 Å². The van der Waals surface area contributed by atoms with E-state index in [1.807, 2.05) is 29.6 Å². The lowest BCUT2D eigenvalue weighted by molar-refractivity contribution is -0.144. The number of carbonyl (C=O) groups excluding carboxylic acids is 1. The Morgan fingerprint density at radius 2 is 2.39 bits per heavy atom. The summed E-state index contributed by atoms with van der Waals surface area (Å²) in [6.45, 7) is 9.44. The zero-order valence-corrected chi connectivity index (χ0v) is 11.3. The fraction of sp³-hybridized carbons (Fsp3) is 0.538. The van der Waals surface area contributed by atoms with E-state index in [0.29, 0.717) is 19.7 Å². The molecule has 0 aromatic carbocycles. The second-order valence-corrected chi connectivity index (χ2v) is 4.16. The third-order valence-electron chi connectivity index (χ3n) is 2.53. The van der Waals surface area contributed by atoms with Crippen LogP contribution in [0.2, 0.25) is 0 Å². The van der Waals surface area contributed by atoms with E-state index in [1.165, 1.54) is 0 Å². The topological polar surface area (TPSA) is 47.4 Å². The molecule has 0 aliphatic rings. The summed E-state index contributed by atoms with van der Waals surface area (Å²) < 4.78 is 6.78. The van der Waals surface area contributed by atoms with E-state index in [4.69, 9.17) is 4.74 Å². The Morgan fingerprint density at radius 1 is 1.67 bits per heavy atom. The van der Waals surface area contributed by atoms with Gasteiger partial charge in [-0.15, -0.1) is 6.58 Å². The summed E-state index contributed by atoms with van der Waals surface area (Å²) in [5.41, 5.74) is 2.04. The monoisotopic (exact) mass is 251 g/mol. The molecular weight excluding hydrogens is 230 g/mol. The van der Waals surface area contributed by atoms with Crippen LogP contribution in [0.1, 0.15) is 18.3 Å². The summed E-state index contributed by atoms with van der Waals surface area (Å²) in [7, 11) is 1.90. The molecule has 0 atom stereocenters. The third kappa shape index (κ3) is 4.33. The largest absolute Gasteiger partial charge is 0.465 e. The van der Waals surface area contributed by atoms with Gasteiger partial charge in [0.25, 0.3) is 0 Å². The van der Waals surface area contributed by atoms with E-state index in [-0.39, 0.29) is 12.5 Å². The standard InChI is InChI=1S/C13H21N3O2/c1-5-7-16(10-13(17)18-6-2)9-12-8-11(3)14-15(12)4/h5,8H,1,6-7,9-10H2,2-4H3. The summed E-state index contributed by atoms with van der Waals surface area (Å²) in [4.78, 5) is 13.5. The van der Waals surface area contributed by atoms with Gasteiger partial charge in [-0.3, -0.25) is 14.4 Å². The maximum Gasteiger partial charge on any atom is 0.320 e. The molecule has 5 nitrogen and oxygen atoms in total. The zero-order valence-electron chi connectivity index (χ0n) is 11.3. The SMILES string of the molecule is C=CCN(CC(=O)OCC)Cc1cc(C)nn1C. The zero-order chi connectivity index (χ0) is 13.5. The van der Waals surface area contributed by atoms with Crippen molar-refractivity contribution in [3.05, 3.63) is 30.1 Å². The second-order valence-electron chi connectivity index (χ2n) is 4.16. The Bertz CT molecular complexity index is 412. The molecule has 0 aliphatic heterocycles. The van der Waals surface area contributed by atoms with Gasteiger partial charge in [0.15, 0.2) is 0 Å². The van der Waals surface area contributed by atoms with Gasteiger partial charge in [0.1, 0.15) is 0 Å². The molecule has 0 saturated carbocycles. The average molecular weight is 251 g/mol. The van der Waals surface area contributed by atoms with Gasteiger partial charge in [0.2, 0.25) is 0 Å². The average Bonchev–Trinajstić information content (AvgIpc) is 2.58. The Hall–Kier alpha value is -1.62. The molecule has 0 aliphatic carbocycles. The minimum Gasteiger partial charge on any atom is -0.465 e. The number of rotatable bonds is 7. The van der Waals surface area contributed by atoms with Gasteiger partial charge >= 0.3 is 5.97 Å². The lowest BCUT2D eigenvalue weighted by Gasteiger charge is -2.19. The van der Waals surface area contributed by atoms with Crippen molar-refractivity contribution >= 4 is 5.97 Å². The highest BCUT2D eigenvalue weighted by Gasteiger charge is 2.13. The molecule has 1 heterocycles. The van der Waals surface area contributed by atoms with Gasteiger partial charge in [-0.2, -0.15) is 5.10 Å². The Kier molecular flexibility index (Phi) is 5.58. The summed E-state index contributed by atoms with van der Waals surface area (Å²) >= 11 is 0. The van der Waals surface area contributed by atoms with Crippen molar-refractivity contribution < 1.29 is 9.53 Å². The minimum atomic E-state index is -0.210. The molecule has 0 spiro atoms. The number of nitrogens with zero attached hydrogens (tertiary/aromatic N) is 3. The smallest absolute Gasteiger partial charge is 0.320 e. The number of carbonyl (C=O) groups is 1. The van der Waals surface area contributed by atoms with Crippen LogP contribution in [0, 0.1) is 6.92 Å². The first-order chi connectivity index (χ1) is 8.56. The quantitative estimate of drug-likeness (QED) is 0.541. The second kappa shape index (κ2) is 6.96. The first-order valence-corrected chi connectivity index (χ1v) is 6.05. The van der Waals surface area contributed by atoms with Crippen molar-refractivity contribution in [1.29, 1.82) is 0 Å². The Labute approximate surface area is 108 Å². The normalized spacial score (nSPS) is 10.7. The summed E-state index contributed by atoms with van der Waals surface area (Å²) in [5.74, 6) is -0.210.